The second-order valence-electron chi connectivity index (χ2n) is 2.02. The molecule has 0 unspecified atom stereocenters. The third kappa shape index (κ3) is 1.86. The quantitative estimate of drug-likeness (QED) is 0.454. The number of pyridine rings is 1. The number of hydrogen-bond donors (Lipinski definition) is 0. The molecule has 0 spiro atoms. The Morgan fingerprint density at radius 3 is 3.00 bits per heavy atom. The predicted octanol–water partition coefficient (Wildman–Crippen LogP) is 1.13. The fourth-order valence-corrected chi connectivity index (χ4v) is 0.933. The highest BCUT2D eigenvalue weighted by atomic mass is 35.5. The van der Waals surface area contributed by atoms with Crippen molar-refractivity contribution in [3.8, 4) is 12.3 Å². The van der Waals surface area contributed by atoms with Gasteiger partial charge in [0.2, 0.25) is 0 Å². The minimum absolute atomic E-state index is 0.108. The Bertz CT molecular complexity index is 348. The number of nitrogens with zero attached hydrogens (tertiary/aromatic N) is 1. The molecule has 0 amide bonds. The van der Waals surface area contributed by atoms with E-state index in [1.807, 2.05) is 0 Å². The first-order valence-corrected chi connectivity index (χ1v) is 3.41. The highest BCUT2D eigenvalue weighted by molar-refractivity contribution is 6.29. The number of terminal acetylenes is 1. The molecule has 1 heterocycles. The Hall–Kier alpha value is -1.20. The van der Waals surface area contributed by atoms with Gasteiger partial charge in [-0.1, -0.05) is 17.5 Å². The first-order chi connectivity index (χ1) is 5.24. The molecule has 1 aromatic heterocycles. The van der Waals surface area contributed by atoms with Crippen molar-refractivity contribution in [1.29, 1.82) is 0 Å². The third-order valence-corrected chi connectivity index (χ3v) is 1.54. The molecule has 0 saturated heterocycles. The Kier molecular flexibility index (Phi) is 2.35. The van der Waals surface area contributed by atoms with Gasteiger partial charge in [0.15, 0.2) is 5.43 Å². The Balaban J connectivity index is 3.11. The van der Waals surface area contributed by atoms with E-state index in [1.54, 1.807) is 10.8 Å². The van der Waals surface area contributed by atoms with Crippen molar-refractivity contribution in [1.82, 2.24) is 4.57 Å². The zero-order chi connectivity index (χ0) is 8.27. The number of halogens is 1. The lowest BCUT2D eigenvalue weighted by Gasteiger charge is -2.01. The maximum atomic E-state index is 10.7. The fraction of sp³-hybridized carbons (Fsp3) is 0.125. The van der Waals surface area contributed by atoms with Crippen molar-refractivity contribution < 1.29 is 0 Å². The van der Waals surface area contributed by atoms with Crippen molar-refractivity contribution in [3.05, 3.63) is 33.7 Å². The van der Waals surface area contributed by atoms with Gasteiger partial charge in [-0.15, -0.1) is 6.42 Å². The van der Waals surface area contributed by atoms with Crippen LogP contribution in [0.25, 0.3) is 0 Å². The lowest BCUT2D eigenvalue weighted by molar-refractivity contribution is 0.831. The van der Waals surface area contributed by atoms with Crippen LogP contribution in [0, 0.1) is 12.3 Å². The Labute approximate surface area is 69.4 Å². The number of rotatable bonds is 1. The van der Waals surface area contributed by atoms with E-state index in [4.69, 9.17) is 18.0 Å². The first-order valence-electron chi connectivity index (χ1n) is 3.03. The lowest BCUT2D eigenvalue weighted by atomic mass is 10.4. The van der Waals surface area contributed by atoms with E-state index in [0.717, 1.165) is 0 Å². The van der Waals surface area contributed by atoms with E-state index in [0.29, 0.717) is 11.7 Å². The summed E-state index contributed by atoms with van der Waals surface area (Å²) in [6, 6.07) is 2.75. The van der Waals surface area contributed by atoms with Crippen LogP contribution < -0.4 is 5.43 Å². The molecule has 3 heteroatoms. The van der Waals surface area contributed by atoms with Crippen LogP contribution in [0.3, 0.4) is 0 Å². The minimum atomic E-state index is -0.108. The third-order valence-electron chi connectivity index (χ3n) is 1.22. The SMILES string of the molecule is C#CCn1ccc(=O)cc1Cl. The van der Waals surface area contributed by atoms with Crippen LogP contribution in [-0.2, 0) is 6.54 Å². The summed E-state index contributed by atoms with van der Waals surface area (Å²) in [5.74, 6) is 2.42. The molecule has 2 nitrogen and oxygen atoms in total. The maximum Gasteiger partial charge on any atom is 0.183 e. The Morgan fingerprint density at radius 1 is 1.73 bits per heavy atom. The molecule has 0 aromatic carbocycles. The van der Waals surface area contributed by atoms with E-state index < -0.39 is 0 Å². The topological polar surface area (TPSA) is 22.0 Å². The van der Waals surface area contributed by atoms with Crippen LogP contribution in [0.4, 0.5) is 0 Å². The molecule has 11 heavy (non-hydrogen) atoms. The second-order valence-corrected chi connectivity index (χ2v) is 2.40. The summed E-state index contributed by atoms with van der Waals surface area (Å²) in [5.41, 5.74) is -0.108. The molecule has 56 valence electrons. The van der Waals surface area contributed by atoms with E-state index >= 15 is 0 Å². The van der Waals surface area contributed by atoms with Crippen molar-refractivity contribution in [2.45, 2.75) is 6.54 Å². The zero-order valence-electron chi connectivity index (χ0n) is 5.75. The molecular formula is C8H6ClNO. The van der Waals surface area contributed by atoms with Gasteiger partial charge < -0.3 is 4.57 Å². The lowest BCUT2D eigenvalue weighted by Crippen LogP contribution is -2.04. The van der Waals surface area contributed by atoms with E-state index in [1.165, 1.54) is 12.1 Å². The molecule has 0 aliphatic rings. The van der Waals surface area contributed by atoms with Crippen LogP contribution in [0.5, 0.6) is 0 Å². The van der Waals surface area contributed by atoms with Crippen molar-refractivity contribution in [2.75, 3.05) is 0 Å². The smallest absolute Gasteiger partial charge is 0.183 e. The van der Waals surface area contributed by atoms with Gasteiger partial charge in [-0.25, -0.2) is 0 Å². The summed E-state index contributed by atoms with van der Waals surface area (Å²) in [5, 5.41) is 0.371. The molecule has 0 bridgehead atoms. The zero-order valence-corrected chi connectivity index (χ0v) is 6.51. The molecule has 0 radical (unpaired) electrons. The van der Waals surface area contributed by atoms with E-state index in [2.05, 4.69) is 5.92 Å². The monoisotopic (exact) mass is 167 g/mol. The van der Waals surface area contributed by atoms with E-state index in [-0.39, 0.29) is 5.43 Å². The normalized spacial score (nSPS) is 9.09. The van der Waals surface area contributed by atoms with Crippen LogP contribution in [0.15, 0.2) is 23.1 Å². The highest BCUT2D eigenvalue weighted by Gasteiger charge is 1.93. The van der Waals surface area contributed by atoms with Gasteiger partial charge in [-0.3, -0.25) is 4.79 Å². The van der Waals surface area contributed by atoms with E-state index in [9.17, 15) is 4.79 Å². The molecule has 0 fully saturated rings. The molecule has 0 atom stereocenters. The average Bonchev–Trinajstić information content (AvgIpc) is 1.95. The minimum Gasteiger partial charge on any atom is -0.327 e. The summed E-state index contributed by atoms with van der Waals surface area (Å²) in [7, 11) is 0. The Morgan fingerprint density at radius 2 is 2.45 bits per heavy atom. The van der Waals surface area contributed by atoms with Gasteiger partial charge in [0.05, 0.1) is 6.54 Å². The molecule has 1 aromatic rings. The van der Waals surface area contributed by atoms with Gasteiger partial charge >= 0.3 is 0 Å². The van der Waals surface area contributed by atoms with Gasteiger partial charge in [0, 0.05) is 18.3 Å². The van der Waals surface area contributed by atoms with Crippen LogP contribution >= 0.6 is 11.6 Å². The van der Waals surface area contributed by atoms with Gasteiger partial charge in [0.1, 0.15) is 5.15 Å². The summed E-state index contributed by atoms with van der Waals surface area (Å²) in [4.78, 5) is 10.7. The summed E-state index contributed by atoms with van der Waals surface area (Å²) < 4.78 is 1.61. The summed E-state index contributed by atoms with van der Waals surface area (Å²) in [6.45, 7) is 0.388. The molecule has 0 saturated carbocycles. The summed E-state index contributed by atoms with van der Waals surface area (Å²) >= 11 is 5.68. The number of aromatic nitrogens is 1. The average molecular weight is 168 g/mol. The predicted molar refractivity (Wildman–Crippen MR) is 44.5 cm³/mol. The second kappa shape index (κ2) is 3.27. The van der Waals surface area contributed by atoms with Crippen molar-refractivity contribution in [2.24, 2.45) is 0 Å². The summed E-state index contributed by atoms with van der Waals surface area (Å²) in [6.07, 6.45) is 6.63. The van der Waals surface area contributed by atoms with Crippen molar-refractivity contribution >= 4 is 11.6 Å². The fourth-order valence-electron chi connectivity index (χ4n) is 0.710. The molecule has 0 aliphatic carbocycles. The standard InChI is InChI=1S/C8H6ClNO/c1-2-4-10-5-3-7(11)6-8(10)9/h1,3,5-6H,4H2. The van der Waals surface area contributed by atoms with Crippen LogP contribution in [-0.4, -0.2) is 4.57 Å². The number of hydrogen-bond acceptors (Lipinski definition) is 1. The highest BCUT2D eigenvalue weighted by Crippen LogP contribution is 2.03. The largest absolute Gasteiger partial charge is 0.327 e. The molecular weight excluding hydrogens is 162 g/mol. The van der Waals surface area contributed by atoms with Gasteiger partial charge in [0.25, 0.3) is 0 Å². The maximum absolute atomic E-state index is 10.7. The van der Waals surface area contributed by atoms with Crippen LogP contribution in [0.2, 0.25) is 5.15 Å². The van der Waals surface area contributed by atoms with Gasteiger partial charge in [-0.2, -0.15) is 0 Å². The molecule has 0 aliphatic heterocycles. The van der Waals surface area contributed by atoms with Gasteiger partial charge in [-0.05, 0) is 0 Å². The molecule has 0 N–H and O–H groups in total. The first kappa shape index (κ1) is 7.90. The van der Waals surface area contributed by atoms with Crippen molar-refractivity contribution in [3.63, 3.8) is 0 Å². The van der Waals surface area contributed by atoms with Crippen LogP contribution in [0.1, 0.15) is 0 Å². The molecule has 1 rings (SSSR count).